The van der Waals surface area contributed by atoms with Crippen LogP contribution >= 0.6 is 7.82 Å². The maximum absolute atomic E-state index is 12.6. The van der Waals surface area contributed by atoms with Gasteiger partial charge >= 0.3 is 19.8 Å². The minimum absolute atomic E-state index is 0.0128. The second-order valence-electron chi connectivity index (χ2n) is 14.3. The van der Waals surface area contributed by atoms with Gasteiger partial charge in [0.05, 0.1) is 25.9 Å². The number of phosphoric acid groups is 1. The number of ether oxygens (including phenoxy) is 2. The molecule has 0 aromatic rings. The zero-order valence-corrected chi connectivity index (χ0v) is 34.6. The van der Waals surface area contributed by atoms with Crippen LogP contribution in [0.4, 0.5) is 0 Å². The predicted molar refractivity (Wildman–Crippen MR) is 216 cm³/mol. The first kappa shape index (κ1) is 51.9. The number of aliphatic hydroxyl groups is 3. The number of unbranched alkanes of at least 4 members (excludes halogenated alkanes) is 12. The summed E-state index contributed by atoms with van der Waals surface area (Å²) in [6.45, 7) is 4.41. The zero-order valence-electron chi connectivity index (χ0n) is 33.7. The average molecular weight is 787 g/mol. The molecule has 0 fully saturated rings. The first-order valence-electron chi connectivity index (χ1n) is 20.6. The molecule has 0 saturated carbocycles. The van der Waals surface area contributed by atoms with Gasteiger partial charge in [-0.1, -0.05) is 146 Å². The number of aliphatic hydroxyl groups excluding tert-OH is 3. The average Bonchev–Trinajstić information content (AvgIpc) is 3.13. The van der Waals surface area contributed by atoms with Crippen LogP contribution in [-0.2, 0) is 32.7 Å². The molecular formula is C42H75O11P. The highest BCUT2D eigenvalue weighted by Gasteiger charge is 2.27. The number of phosphoric ester groups is 1. The van der Waals surface area contributed by atoms with Gasteiger partial charge in [-0.3, -0.25) is 18.6 Å². The van der Waals surface area contributed by atoms with E-state index in [1.807, 2.05) is 12.2 Å². The monoisotopic (exact) mass is 787 g/mol. The van der Waals surface area contributed by atoms with Crippen molar-refractivity contribution in [2.45, 2.75) is 174 Å². The molecule has 11 nitrogen and oxygen atoms in total. The van der Waals surface area contributed by atoms with E-state index in [0.717, 1.165) is 44.4 Å². The van der Waals surface area contributed by atoms with Crippen LogP contribution in [0.15, 0.2) is 48.6 Å². The Morgan fingerprint density at radius 2 is 1.26 bits per heavy atom. The van der Waals surface area contributed by atoms with Crippen molar-refractivity contribution in [2.24, 2.45) is 5.92 Å². The van der Waals surface area contributed by atoms with Crippen LogP contribution < -0.4 is 0 Å². The van der Waals surface area contributed by atoms with Crippen molar-refractivity contribution in [1.82, 2.24) is 0 Å². The van der Waals surface area contributed by atoms with Gasteiger partial charge in [0.1, 0.15) is 12.7 Å². The van der Waals surface area contributed by atoms with Gasteiger partial charge in [0.15, 0.2) is 6.10 Å². The van der Waals surface area contributed by atoms with E-state index >= 15 is 0 Å². The van der Waals surface area contributed by atoms with Crippen LogP contribution in [0.3, 0.4) is 0 Å². The Morgan fingerprint density at radius 1 is 0.667 bits per heavy atom. The molecular weight excluding hydrogens is 711 g/mol. The lowest BCUT2D eigenvalue weighted by Crippen LogP contribution is -2.30. The molecule has 0 rings (SSSR count). The smallest absolute Gasteiger partial charge is 0.462 e. The summed E-state index contributed by atoms with van der Waals surface area (Å²) in [7, 11) is -4.66. The molecule has 0 aliphatic carbocycles. The third-order valence-corrected chi connectivity index (χ3v) is 9.47. The standard InChI is InChI=1S/C42H75O11P/c1-4-5-6-7-8-9-10-11-12-16-19-22-25-29-38(44)30-27-32-41(46)50-35-40(36-52-54(48,49)51-34-39(45)33-43)53-42(47)31-26-23-20-17-14-13-15-18-21-24-28-37(2)3/h8-9,11-12,19,22,25,29,37-40,43-45H,4-7,10,13-18,20-21,23-24,26-28,30-36H2,1-3H3,(H,48,49)/b9-8-,12-11-,22-19-,29-25+/t38-,39+,40-/m1/s1. The Kier molecular flexibility index (Phi) is 35.1. The van der Waals surface area contributed by atoms with E-state index < -0.39 is 64.5 Å². The normalized spacial score (nSPS) is 15.1. The van der Waals surface area contributed by atoms with Crippen LogP contribution in [0.1, 0.15) is 156 Å². The number of carbonyl (C=O) groups is 2. The van der Waals surface area contributed by atoms with Crippen molar-refractivity contribution < 1.29 is 52.9 Å². The first-order chi connectivity index (χ1) is 26.0. The molecule has 12 heteroatoms. The fraction of sp³-hybridized carbons (Fsp3) is 0.762. The molecule has 0 bridgehead atoms. The predicted octanol–water partition coefficient (Wildman–Crippen LogP) is 9.38. The molecule has 0 radical (unpaired) electrons. The fourth-order valence-corrected chi connectivity index (χ4v) is 6.07. The second-order valence-corrected chi connectivity index (χ2v) is 15.8. The van der Waals surface area contributed by atoms with Crippen molar-refractivity contribution in [1.29, 1.82) is 0 Å². The van der Waals surface area contributed by atoms with Crippen molar-refractivity contribution in [2.75, 3.05) is 26.4 Å². The van der Waals surface area contributed by atoms with Gasteiger partial charge in [0.25, 0.3) is 0 Å². The van der Waals surface area contributed by atoms with Crippen LogP contribution in [-0.4, -0.2) is 76.9 Å². The van der Waals surface area contributed by atoms with Crippen molar-refractivity contribution in [3.8, 4) is 0 Å². The SMILES string of the molecule is CCCCC/C=C\C/C=C\C/C=C\C=C\[C@@H](O)CCCC(=O)OC[C@H](COP(=O)(O)OC[C@@H](O)CO)OC(=O)CCCCCCCCCCCCC(C)C. The zero-order chi connectivity index (χ0) is 40.1. The summed E-state index contributed by atoms with van der Waals surface area (Å²) >= 11 is 0. The summed E-state index contributed by atoms with van der Waals surface area (Å²) in [5.74, 6) is -0.355. The third-order valence-electron chi connectivity index (χ3n) is 8.52. The third kappa shape index (κ3) is 36.8. The molecule has 4 atom stereocenters. The number of carbonyl (C=O) groups excluding carboxylic acids is 2. The van der Waals surface area contributed by atoms with Gasteiger partial charge in [-0.15, -0.1) is 0 Å². The lowest BCUT2D eigenvalue weighted by molar-refractivity contribution is -0.161. The maximum Gasteiger partial charge on any atom is 0.472 e. The van der Waals surface area contributed by atoms with Gasteiger partial charge in [-0.25, -0.2) is 4.57 Å². The molecule has 0 aromatic heterocycles. The topological polar surface area (TPSA) is 169 Å². The van der Waals surface area contributed by atoms with Gasteiger partial charge in [-0.2, -0.15) is 0 Å². The van der Waals surface area contributed by atoms with E-state index in [1.54, 1.807) is 12.2 Å². The van der Waals surface area contributed by atoms with Gasteiger partial charge in [-0.05, 0) is 50.9 Å². The van der Waals surface area contributed by atoms with Gasteiger partial charge < -0.3 is 29.7 Å². The summed E-state index contributed by atoms with van der Waals surface area (Å²) in [6, 6.07) is 0. The Balaban J connectivity index is 4.53. The van der Waals surface area contributed by atoms with E-state index in [2.05, 4.69) is 49.6 Å². The number of rotatable bonds is 37. The molecule has 0 aromatic carbocycles. The van der Waals surface area contributed by atoms with E-state index in [4.69, 9.17) is 19.1 Å². The van der Waals surface area contributed by atoms with Gasteiger partial charge in [0, 0.05) is 12.8 Å². The van der Waals surface area contributed by atoms with Crippen molar-refractivity contribution >= 4 is 19.8 Å². The Labute approximate surface area is 326 Å². The molecule has 0 heterocycles. The summed E-state index contributed by atoms with van der Waals surface area (Å²) in [6.07, 6.45) is 32.6. The van der Waals surface area contributed by atoms with Crippen LogP contribution in [0, 0.1) is 5.92 Å². The highest BCUT2D eigenvalue weighted by molar-refractivity contribution is 7.47. The maximum atomic E-state index is 12.6. The van der Waals surface area contributed by atoms with Crippen molar-refractivity contribution in [3.05, 3.63) is 48.6 Å². The molecule has 0 spiro atoms. The van der Waals surface area contributed by atoms with Gasteiger partial charge in [0.2, 0.25) is 0 Å². The minimum atomic E-state index is -4.66. The fourth-order valence-electron chi connectivity index (χ4n) is 5.28. The number of hydrogen-bond donors (Lipinski definition) is 4. The first-order valence-corrected chi connectivity index (χ1v) is 22.1. The van der Waals surface area contributed by atoms with Crippen LogP contribution in [0.2, 0.25) is 0 Å². The molecule has 0 amide bonds. The summed E-state index contributed by atoms with van der Waals surface area (Å²) < 4.78 is 32.5. The summed E-state index contributed by atoms with van der Waals surface area (Å²) in [4.78, 5) is 34.9. The molecule has 1 unspecified atom stereocenters. The largest absolute Gasteiger partial charge is 0.472 e. The lowest BCUT2D eigenvalue weighted by Gasteiger charge is -2.20. The number of esters is 2. The molecule has 0 saturated heterocycles. The quantitative estimate of drug-likeness (QED) is 0.0156. The Bertz CT molecular complexity index is 1070. The molecule has 314 valence electrons. The molecule has 54 heavy (non-hydrogen) atoms. The highest BCUT2D eigenvalue weighted by atomic mass is 31.2. The van der Waals surface area contributed by atoms with Crippen molar-refractivity contribution in [3.63, 3.8) is 0 Å². The lowest BCUT2D eigenvalue weighted by atomic mass is 10.0. The van der Waals surface area contributed by atoms with Crippen LogP contribution in [0.25, 0.3) is 0 Å². The Hall–Kier alpha value is -2.11. The molecule has 0 aliphatic rings. The number of allylic oxidation sites excluding steroid dienone is 7. The minimum Gasteiger partial charge on any atom is -0.462 e. The van der Waals surface area contributed by atoms with E-state index in [0.29, 0.717) is 19.3 Å². The Morgan fingerprint density at radius 3 is 1.91 bits per heavy atom. The molecule has 4 N–H and O–H groups in total. The van der Waals surface area contributed by atoms with E-state index in [9.17, 15) is 29.3 Å². The van der Waals surface area contributed by atoms with Crippen LogP contribution in [0.5, 0.6) is 0 Å². The highest BCUT2D eigenvalue weighted by Crippen LogP contribution is 2.43. The molecule has 0 aliphatic heterocycles. The summed E-state index contributed by atoms with van der Waals surface area (Å²) in [5.41, 5.74) is 0. The second kappa shape index (κ2) is 36.5. The number of hydrogen-bond acceptors (Lipinski definition) is 10. The van der Waals surface area contributed by atoms with E-state index in [-0.39, 0.29) is 12.8 Å². The van der Waals surface area contributed by atoms with E-state index in [1.165, 1.54) is 64.2 Å². The summed E-state index contributed by atoms with van der Waals surface area (Å²) in [5, 5.41) is 28.5.